The third kappa shape index (κ3) is 10.1. The summed E-state index contributed by atoms with van der Waals surface area (Å²) < 4.78 is 0. The first-order chi connectivity index (χ1) is 8.43. The molecule has 0 aliphatic rings. The molecule has 0 aromatic carbocycles. The molecule has 0 saturated carbocycles. The second-order valence-corrected chi connectivity index (χ2v) is 4.78. The van der Waals surface area contributed by atoms with Crippen molar-refractivity contribution < 1.29 is 15.0 Å². The van der Waals surface area contributed by atoms with Gasteiger partial charge in [0.1, 0.15) is 0 Å². The molecule has 4 nitrogen and oxygen atoms in total. The van der Waals surface area contributed by atoms with Crippen molar-refractivity contribution in [3.05, 3.63) is 24.3 Å². The van der Waals surface area contributed by atoms with Gasteiger partial charge in [-0.25, -0.2) is 0 Å². The van der Waals surface area contributed by atoms with E-state index in [1.54, 1.807) is 18.2 Å². The van der Waals surface area contributed by atoms with Gasteiger partial charge in [-0.3, -0.25) is 4.79 Å². The van der Waals surface area contributed by atoms with Crippen molar-refractivity contribution in [2.24, 2.45) is 5.92 Å². The van der Waals surface area contributed by atoms with Crippen LogP contribution in [0.2, 0.25) is 0 Å². The Kier molecular flexibility index (Phi) is 9.24. The van der Waals surface area contributed by atoms with Crippen molar-refractivity contribution in [1.82, 2.24) is 5.32 Å². The zero-order chi connectivity index (χ0) is 14.0. The van der Waals surface area contributed by atoms with Gasteiger partial charge in [0.15, 0.2) is 0 Å². The highest BCUT2D eigenvalue weighted by Crippen LogP contribution is 1.98. The Bertz CT molecular complexity index is 283. The van der Waals surface area contributed by atoms with Crippen LogP contribution >= 0.6 is 0 Å². The number of nitrogens with one attached hydrogen (secondary N) is 1. The number of hydrogen-bond donors (Lipinski definition) is 3. The molecule has 0 aromatic heterocycles. The molecular weight excluding hydrogens is 230 g/mol. The van der Waals surface area contributed by atoms with Crippen molar-refractivity contribution >= 4 is 5.91 Å². The van der Waals surface area contributed by atoms with E-state index < -0.39 is 12.2 Å². The van der Waals surface area contributed by atoms with Crippen LogP contribution in [-0.2, 0) is 4.79 Å². The van der Waals surface area contributed by atoms with E-state index in [4.69, 9.17) is 5.11 Å². The minimum absolute atomic E-state index is 0.0725. The van der Waals surface area contributed by atoms with Crippen LogP contribution in [0.1, 0.15) is 33.6 Å². The molecule has 104 valence electrons. The molecule has 1 amide bonds. The van der Waals surface area contributed by atoms with Gasteiger partial charge in [-0.1, -0.05) is 32.1 Å². The maximum absolute atomic E-state index is 11.3. The molecule has 0 saturated heterocycles. The van der Waals surface area contributed by atoms with Crippen molar-refractivity contribution in [2.75, 3.05) is 6.54 Å². The van der Waals surface area contributed by atoms with Crippen LogP contribution < -0.4 is 5.32 Å². The SMILES string of the molecule is CC(C)CNC(=O)/C=C/CC/C=C\C(O)C(C)O. The zero-order valence-corrected chi connectivity index (χ0v) is 11.5. The van der Waals surface area contributed by atoms with Crippen LogP contribution in [0, 0.1) is 5.92 Å². The van der Waals surface area contributed by atoms with Gasteiger partial charge in [-0.2, -0.15) is 0 Å². The molecule has 0 aliphatic carbocycles. The van der Waals surface area contributed by atoms with Gasteiger partial charge in [-0.05, 0) is 31.8 Å². The molecule has 0 rings (SSSR count). The Morgan fingerprint density at radius 3 is 2.33 bits per heavy atom. The first-order valence-corrected chi connectivity index (χ1v) is 6.40. The van der Waals surface area contributed by atoms with Crippen molar-refractivity contribution in [3.63, 3.8) is 0 Å². The number of rotatable bonds is 8. The molecule has 3 N–H and O–H groups in total. The molecule has 0 spiro atoms. The lowest BCUT2D eigenvalue weighted by molar-refractivity contribution is -0.116. The van der Waals surface area contributed by atoms with E-state index in [9.17, 15) is 9.90 Å². The summed E-state index contributed by atoms with van der Waals surface area (Å²) >= 11 is 0. The molecule has 2 unspecified atom stereocenters. The molecule has 0 aromatic rings. The van der Waals surface area contributed by atoms with E-state index in [-0.39, 0.29) is 5.91 Å². The average Bonchev–Trinajstić information content (AvgIpc) is 2.30. The summed E-state index contributed by atoms with van der Waals surface area (Å²) in [6.45, 7) is 6.31. The highest BCUT2D eigenvalue weighted by Gasteiger charge is 2.04. The summed E-state index contributed by atoms with van der Waals surface area (Å²) in [4.78, 5) is 11.3. The lowest BCUT2D eigenvalue weighted by Gasteiger charge is -2.07. The maximum atomic E-state index is 11.3. The molecule has 0 heterocycles. The number of aliphatic hydroxyl groups is 2. The highest BCUT2D eigenvalue weighted by molar-refractivity contribution is 5.87. The zero-order valence-electron chi connectivity index (χ0n) is 11.5. The average molecular weight is 255 g/mol. The Morgan fingerprint density at radius 2 is 1.78 bits per heavy atom. The first-order valence-electron chi connectivity index (χ1n) is 6.40. The first kappa shape index (κ1) is 16.9. The third-order valence-electron chi connectivity index (χ3n) is 2.28. The van der Waals surface area contributed by atoms with Crippen LogP contribution in [0.15, 0.2) is 24.3 Å². The summed E-state index contributed by atoms with van der Waals surface area (Å²) in [5.74, 6) is 0.379. The van der Waals surface area contributed by atoms with E-state index in [0.29, 0.717) is 12.5 Å². The fourth-order valence-electron chi connectivity index (χ4n) is 1.14. The van der Waals surface area contributed by atoms with E-state index in [1.165, 1.54) is 13.0 Å². The summed E-state index contributed by atoms with van der Waals surface area (Å²) in [7, 11) is 0. The molecule has 18 heavy (non-hydrogen) atoms. The predicted molar refractivity (Wildman–Crippen MR) is 73.0 cm³/mol. The van der Waals surface area contributed by atoms with E-state index in [1.807, 2.05) is 13.8 Å². The van der Waals surface area contributed by atoms with Crippen LogP contribution in [0.5, 0.6) is 0 Å². The molecule has 0 bridgehead atoms. The summed E-state index contributed by atoms with van der Waals surface area (Å²) in [6, 6.07) is 0. The lowest BCUT2D eigenvalue weighted by Crippen LogP contribution is -2.25. The van der Waals surface area contributed by atoms with Gasteiger partial charge in [-0.15, -0.1) is 0 Å². The number of carbonyl (C=O) groups is 1. The van der Waals surface area contributed by atoms with Gasteiger partial charge in [0.2, 0.25) is 5.91 Å². The topological polar surface area (TPSA) is 69.6 Å². The van der Waals surface area contributed by atoms with Crippen LogP contribution in [-0.4, -0.2) is 34.9 Å². The van der Waals surface area contributed by atoms with Crippen molar-refractivity contribution in [1.29, 1.82) is 0 Å². The second-order valence-electron chi connectivity index (χ2n) is 4.78. The van der Waals surface area contributed by atoms with Gasteiger partial charge in [0.05, 0.1) is 12.2 Å². The normalized spacial score (nSPS) is 15.4. The second kappa shape index (κ2) is 9.85. The van der Waals surface area contributed by atoms with Gasteiger partial charge < -0.3 is 15.5 Å². The van der Waals surface area contributed by atoms with Gasteiger partial charge >= 0.3 is 0 Å². The van der Waals surface area contributed by atoms with Crippen LogP contribution in [0.25, 0.3) is 0 Å². The molecule has 0 radical (unpaired) electrons. The van der Waals surface area contributed by atoms with Crippen LogP contribution in [0.4, 0.5) is 0 Å². The number of carbonyl (C=O) groups excluding carboxylic acids is 1. The minimum atomic E-state index is -0.816. The quantitative estimate of drug-likeness (QED) is 0.349. The Labute approximate surface area is 109 Å². The molecule has 2 atom stereocenters. The number of allylic oxidation sites excluding steroid dienone is 2. The highest BCUT2D eigenvalue weighted by atomic mass is 16.3. The monoisotopic (exact) mass is 255 g/mol. The van der Waals surface area contributed by atoms with Crippen LogP contribution in [0.3, 0.4) is 0 Å². The largest absolute Gasteiger partial charge is 0.390 e. The number of amides is 1. The Morgan fingerprint density at radius 1 is 1.17 bits per heavy atom. The van der Waals surface area contributed by atoms with Gasteiger partial charge in [0.25, 0.3) is 0 Å². The standard InChI is InChI=1S/C14H25NO3/c1-11(2)10-15-14(18)9-7-5-4-6-8-13(17)12(3)16/h6-9,11-13,16-17H,4-5,10H2,1-3H3,(H,15,18)/b8-6-,9-7+. The molecular formula is C14H25NO3. The van der Waals surface area contributed by atoms with Gasteiger partial charge in [0, 0.05) is 6.54 Å². The Balaban J connectivity index is 3.68. The smallest absolute Gasteiger partial charge is 0.243 e. The van der Waals surface area contributed by atoms with E-state index >= 15 is 0 Å². The fourth-order valence-corrected chi connectivity index (χ4v) is 1.14. The minimum Gasteiger partial charge on any atom is -0.390 e. The number of hydrogen-bond acceptors (Lipinski definition) is 3. The molecule has 0 fully saturated rings. The molecule has 0 aliphatic heterocycles. The predicted octanol–water partition coefficient (Wildman–Crippen LogP) is 1.39. The Hall–Kier alpha value is -1.13. The summed E-state index contributed by atoms with van der Waals surface area (Å²) in [5.41, 5.74) is 0. The molecule has 4 heteroatoms. The van der Waals surface area contributed by atoms with E-state index in [2.05, 4.69) is 5.32 Å². The fraction of sp³-hybridized carbons (Fsp3) is 0.643. The van der Waals surface area contributed by atoms with Crippen molar-refractivity contribution in [2.45, 2.75) is 45.8 Å². The van der Waals surface area contributed by atoms with Crippen molar-refractivity contribution in [3.8, 4) is 0 Å². The summed E-state index contributed by atoms with van der Waals surface area (Å²) in [6.07, 6.45) is 6.60. The maximum Gasteiger partial charge on any atom is 0.243 e. The third-order valence-corrected chi connectivity index (χ3v) is 2.28. The lowest BCUT2D eigenvalue weighted by atomic mass is 10.2. The van der Waals surface area contributed by atoms with E-state index in [0.717, 1.165) is 12.8 Å². The summed E-state index contributed by atoms with van der Waals surface area (Å²) in [5, 5.41) is 21.1. The number of unbranched alkanes of at least 4 members (excludes halogenated alkanes) is 1. The number of aliphatic hydroxyl groups excluding tert-OH is 2.